The molecule has 1 N–H and O–H groups in total. The van der Waals surface area contributed by atoms with Crippen LogP contribution in [0.1, 0.15) is 100 Å². The van der Waals surface area contributed by atoms with E-state index < -0.39 is 5.97 Å². The van der Waals surface area contributed by atoms with Crippen LogP contribution in [0, 0.1) is 0 Å². The van der Waals surface area contributed by atoms with E-state index >= 15 is 0 Å². The van der Waals surface area contributed by atoms with Gasteiger partial charge in [0.25, 0.3) is 0 Å². The minimum absolute atomic E-state index is 0.0686. The molecule has 6 nitrogen and oxygen atoms in total. The number of unbranched alkanes of at least 4 members (excludes halogenated alkanes) is 8. The summed E-state index contributed by atoms with van der Waals surface area (Å²) in [4.78, 5) is 24.3. The fourth-order valence-electron chi connectivity index (χ4n) is 3.53. The number of nitrogens with one attached hydrogen (secondary N) is 1. The zero-order valence-electron chi connectivity index (χ0n) is 21.3. The van der Waals surface area contributed by atoms with Crippen LogP contribution in [0.4, 0.5) is 0 Å². The van der Waals surface area contributed by atoms with Crippen LogP contribution in [0.25, 0.3) is 0 Å². The van der Waals surface area contributed by atoms with Crippen molar-refractivity contribution in [3.63, 3.8) is 0 Å². The number of carbonyl (C=O) groups is 2. The van der Waals surface area contributed by atoms with Crippen molar-refractivity contribution >= 4 is 18.1 Å². The maximum atomic E-state index is 12.3. The number of nitrogens with zero attached hydrogens (tertiary/aromatic N) is 1. The average Bonchev–Trinajstić information content (AvgIpc) is 2.88. The third-order valence-corrected chi connectivity index (χ3v) is 5.56. The van der Waals surface area contributed by atoms with E-state index in [1.165, 1.54) is 44.9 Å². The maximum absolute atomic E-state index is 12.3. The first-order valence-corrected chi connectivity index (χ1v) is 13.0. The van der Waals surface area contributed by atoms with Gasteiger partial charge < -0.3 is 9.47 Å². The lowest BCUT2D eigenvalue weighted by molar-refractivity contribution is -0.121. The number of rotatable bonds is 17. The lowest BCUT2D eigenvalue weighted by atomic mass is 10.1. The smallest absolute Gasteiger partial charge is 0.343 e. The van der Waals surface area contributed by atoms with Gasteiger partial charge in [-0.25, -0.2) is 10.2 Å². The standard InChI is InChI=1S/C29H40N2O4/c1-3-5-6-7-8-9-10-11-12-13-28(32)31-30-23-24-14-18-27(19-15-24)35-29(33)25-16-20-26(21-17-25)34-22-4-2/h14-21,23H,3-13,22H2,1-2H3,(H,31,32)/b30-23-. The van der Waals surface area contributed by atoms with Crippen LogP contribution < -0.4 is 14.9 Å². The second kappa shape index (κ2) is 17.3. The molecule has 2 aromatic carbocycles. The Labute approximate surface area is 210 Å². The molecule has 0 radical (unpaired) electrons. The molecule has 1 amide bonds. The van der Waals surface area contributed by atoms with Gasteiger partial charge in [0.1, 0.15) is 11.5 Å². The van der Waals surface area contributed by atoms with Crippen molar-refractivity contribution in [2.75, 3.05) is 6.61 Å². The highest BCUT2D eigenvalue weighted by molar-refractivity contribution is 5.91. The minimum Gasteiger partial charge on any atom is -0.494 e. The summed E-state index contributed by atoms with van der Waals surface area (Å²) in [5.41, 5.74) is 3.83. The van der Waals surface area contributed by atoms with Crippen molar-refractivity contribution < 1.29 is 19.1 Å². The number of benzene rings is 2. The molecule has 35 heavy (non-hydrogen) atoms. The van der Waals surface area contributed by atoms with Crippen LogP contribution in [0.15, 0.2) is 53.6 Å². The predicted molar refractivity (Wildman–Crippen MR) is 141 cm³/mol. The number of amides is 1. The normalized spacial score (nSPS) is 10.9. The number of hydrogen-bond acceptors (Lipinski definition) is 5. The summed E-state index contributed by atoms with van der Waals surface area (Å²) in [5, 5.41) is 4.02. The molecule has 0 saturated carbocycles. The number of esters is 1. The first kappa shape index (κ1) is 28.1. The van der Waals surface area contributed by atoms with Crippen LogP contribution in [-0.2, 0) is 4.79 Å². The Morgan fingerprint density at radius 3 is 2.00 bits per heavy atom. The zero-order chi connectivity index (χ0) is 25.1. The quantitative estimate of drug-likeness (QED) is 0.0864. The summed E-state index contributed by atoms with van der Waals surface area (Å²) in [7, 11) is 0. The molecule has 0 aliphatic heterocycles. The van der Waals surface area contributed by atoms with Crippen LogP contribution >= 0.6 is 0 Å². The molecule has 0 fully saturated rings. The molecule has 190 valence electrons. The van der Waals surface area contributed by atoms with E-state index in [1.807, 2.05) is 6.92 Å². The van der Waals surface area contributed by atoms with Crippen molar-refractivity contribution in [3.8, 4) is 11.5 Å². The molecule has 2 aromatic rings. The largest absolute Gasteiger partial charge is 0.494 e. The van der Waals surface area contributed by atoms with E-state index in [0.717, 1.165) is 30.6 Å². The molecule has 2 rings (SSSR count). The molecule has 6 heteroatoms. The van der Waals surface area contributed by atoms with Crippen molar-refractivity contribution in [1.82, 2.24) is 5.43 Å². The molecule has 0 saturated heterocycles. The monoisotopic (exact) mass is 480 g/mol. The summed E-state index contributed by atoms with van der Waals surface area (Å²) < 4.78 is 10.9. The average molecular weight is 481 g/mol. The van der Waals surface area contributed by atoms with Gasteiger partial charge in [0.15, 0.2) is 0 Å². The van der Waals surface area contributed by atoms with Crippen LogP contribution in [0.2, 0.25) is 0 Å². The van der Waals surface area contributed by atoms with Crippen LogP contribution in [0.5, 0.6) is 11.5 Å². The first-order chi connectivity index (χ1) is 17.1. The van der Waals surface area contributed by atoms with Crippen LogP contribution in [0.3, 0.4) is 0 Å². The van der Waals surface area contributed by atoms with Crippen molar-refractivity contribution in [3.05, 3.63) is 59.7 Å². The van der Waals surface area contributed by atoms with Crippen molar-refractivity contribution in [1.29, 1.82) is 0 Å². The van der Waals surface area contributed by atoms with E-state index in [4.69, 9.17) is 9.47 Å². The van der Waals surface area contributed by atoms with E-state index in [9.17, 15) is 9.59 Å². The fourth-order valence-corrected chi connectivity index (χ4v) is 3.53. The van der Waals surface area contributed by atoms with Gasteiger partial charge in [0.05, 0.1) is 18.4 Å². The predicted octanol–water partition coefficient (Wildman–Crippen LogP) is 7.07. The summed E-state index contributed by atoms with van der Waals surface area (Å²) in [6, 6.07) is 13.8. The highest BCUT2D eigenvalue weighted by Gasteiger charge is 2.09. The maximum Gasteiger partial charge on any atom is 0.343 e. The second-order valence-electron chi connectivity index (χ2n) is 8.70. The van der Waals surface area contributed by atoms with E-state index in [0.29, 0.717) is 24.3 Å². The Morgan fingerprint density at radius 2 is 1.37 bits per heavy atom. The topological polar surface area (TPSA) is 77.0 Å². The van der Waals surface area contributed by atoms with Gasteiger partial charge in [-0.2, -0.15) is 5.10 Å². The lowest BCUT2D eigenvalue weighted by Crippen LogP contribution is -2.16. The van der Waals surface area contributed by atoms with Gasteiger partial charge in [-0.15, -0.1) is 0 Å². The summed E-state index contributed by atoms with van der Waals surface area (Å²) in [6.07, 6.45) is 14.0. The van der Waals surface area contributed by atoms with E-state index in [1.54, 1.807) is 54.7 Å². The molecule has 0 aliphatic rings. The van der Waals surface area contributed by atoms with Gasteiger partial charge in [-0.05, 0) is 66.9 Å². The fraction of sp³-hybridized carbons (Fsp3) is 0.483. The SMILES string of the molecule is CCCCCCCCCCCC(=O)N/N=C\c1ccc(OC(=O)c2ccc(OCCC)cc2)cc1. The summed E-state index contributed by atoms with van der Waals surface area (Å²) in [6.45, 7) is 4.91. The Bertz CT molecular complexity index is 892. The number of hydrogen-bond donors (Lipinski definition) is 1. The van der Waals surface area contributed by atoms with Gasteiger partial charge >= 0.3 is 5.97 Å². The Morgan fingerprint density at radius 1 is 0.771 bits per heavy atom. The third-order valence-electron chi connectivity index (χ3n) is 5.56. The number of ether oxygens (including phenoxy) is 2. The van der Waals surface area contributed by atoms with E-state index in [2.05, 4.69) is 17.5 Å². The summed E-state index contributed by atoms with van der Waals surface area (Å²) >= 11 is 0. The zero-order valence-corrected chi connectivity index (χ0v) is 21.3. The second-order valence-corrected chi connectivity index (χ2v) is 8.70. The van der Waals surface area contributed by atoms with Gasteiger partial charge in [-0.3, -0.25) is 4.79 Å². The van der Waals surface area contributed by atoms with Gasteiger partial charge in [-0.1, -0.05) is 65.2 Å². The molecule has 0 aliphatic carbocycles. The van der Waals surface area contributed by atoms with E-state index in [-0.39, 0.29) is 5.91 Å². The van der Waals surface area contributed by atoms with Crippen LogP contribution in [-0.4, -0.2) is 24.7 Å². The van der Waals surface area contributed by atoms with Crippen molar-refractivity contribution in [2.45, 2.75) is 84.5 Å². The van der Waals surface area contributed by atoms with Gasteiger partial charge in [0, 0.05) is 6.42 Å². The van der Waals surface area contributed by atoms with Crippen molar-refractivity contribution in [2.24, 2.45) is 5.10 Å². The molecule has 0 heterocycles. The molecule has 0 spiro atoms. The number of hydrazone groups is 1. The lowest BCUT2D eigenvalue weighted by Gasteiger charge is -2.07. The highest BCUT2D eigenvalue weighted by Crippen LogP contribution is 2.17. The summed E-state index contributed by atoms with van der Waals surface area (Å²) in [5.74, 6) is 0.665. The highest BCUT2D eigenvalue weighted by atomic mass is 16.5. The number of carbonyl (C=O) groups excluding carboxylic acids is 2. The molecular weight excluding hydrogens is 440 g/mol. The molecule has 0 unspecified atom stereocenters. The Kier molecular flexibility index (Phi) is 13.9. The minimum atomic E-state index is -0.433. The Balaban J connectivity index is 1.64. The molecule has 0 aromatic heterocycles. The molecule has 0 atom stereocenters. The first-order valence-electron chi connectivity index (χ1n) is 13.0. The molecule has 0 bridgehead atoms. The third kappa shape index (κ3) is 12.2. The van der Waals surface area contributed by atoms with Gasteiger partial charge in [0.2, 0.25) is 5.91 Å². The Hall–Kier alpha value is -3.15. The molecular formula is C29H40N2O4.